The molecule has 1 fully saturated rings. The van der Waals surface area contributed by atoms with Crippen molar-refractivity contribution in [3.8, 4) is 0 Å². The van der Waals surface area contributed by atoms with Gasteiger partial charge in [0.05, 0.1) is 18.1 Å². The molecule has 1 atom stereocenters. The lowest BCUT2D eigenvalue weighted by Crippen LogP contribution is -2.37. The summed E-state index contributed by atoms with van der Waals surface area (Å²) in [6.07, 6.45) is 3.50. The number of hydrogen-bond acceptors (Lipinski definition) is 3. The summed E-state index contributed by atoms with van der Waals surface area (Å²) in [5.41, 5.74) is 2.71. The van der Waals surface area contributed by atoms with Crippen LogP contribution in [0.3, 0.4) is 0 Å². The van der Waals surface area contributed by atoms with Crippen LogP contribution in [-0.4, -0.2) is 37.5 Å². The number of ether oxygens (including phenoxy) is 1. The molecule has 0 bridgehead atoms. The van der Waals surface area contributed by atoms with Crippen LogP contribution in [0, 0.1) is 5.41 Å². The van der Waals surface area contributed by atoms with E-state index in [9.17, 15) is 9.59 Å². The average Bonchev–Trinajstić information content (AvgIpc) is 2.74. The van der Waals surface area contributed by atoms with Crippen LogP contribution in [0.15, 0.2) is 18.2 Å². The third-order valence-corrected chi connectivity index (χ3v) is 4.76. The molecule has 1 aliphatic carbocycles. The van der Waals surface area contributed by atoms with Crippen LogP contribution in [0.5, 0.6) is 0 Å². The molecule has 3 rings (SSSR count). The highest BCUT2D eigenvalue weighted by atomic mass is 16.5. The third-order valence-electron chi connectivity index (χ3n) is 4.76. The molecule has 0 unspecified atom stereocenters. The number of carbonyl (C=O) groups is 2. The van der Waals surface area contributed by atoms with Gasteiger partial charge in [-0.15, -0.1) is 0 Å². The highest BCUT2D eigenvalue weighted by molar-refractivity contribution is 5.90. The molecule has 1 aromatic rings. The summed E-state index contributed by atoms with van der Waals surface area (Å²) >= 11 is 0. The molecule has 0 radical (unpaired) electrons. The predicted octanol–water partition coefficient (Wildman–Crippen LogP) is 1.81. The molecular formula is C16H19NO3. The summed E-state index contributed by atoms with van der Waals surface area (Å²) in [7, 11) is 3.26. The Balaban J connectivity index is 1.94. The van der Waals surface area contributed by atoms with Crippen LogP contribution in [-0.2, 0) is 22.4 Å². The Labute approximate surface area is 118 Å². The zero-order valence-electron chi connectivity index (χ0n) is 11.9. The standard InChI is InChI=1S/C16H19NO3/c1-17-8-7-16(15(17)19)6-5-11-3-4-12(14(18)20-2)9-13(11)10-16/h3-4,9H,5-8,10H2,1-2H3/t16-/m0/s1. The number of esters is 1. The van der Waals surface area contributed by atoms with Gasteiger partial charge in [0.2, 0.25) is 5.91 Å². The second kappa shape index (κ2) is 4.62. The summed E-state index contributed by atoms with van der Waals surface area (Å²) in [4.78, 5) is 25.9. The lowest BCUT2D eigenvalue weighted by atomic mass is 9.70. The normalized spacial score (nSPS) is 24.9. The Bertz CT molecular complexity index is 581. The first-order chi connectivity index (χ1) is 9.55. The van der Waals surface area contributed by atoms with Crippen LogP contribution in [0.4, 0.5) is 0 Å². The maximum Gasteiger partial charge on any atom is 0.337 e. The lowest BCUT2D eigenvalue weighted by Gasteiger charge is -2.33. The molecule has 0 aromatic heterocycles. The van der Waals surface area contributed by atoms with Crippen molar-refractivity contribution in [3.05, 3.63) is 34.9 Å². The summed E-state index contributed by atoms with van der Waals surface area (Å²) in [5, 5.41) is 0. The van der Waals surface area contributed by atoms with Gasteiger partial charge in [-0.25, -0.2) is 4.79 Å². The van der Waals surface area contributed by atoms with Crippen LogP contribution in [0.2, 0.25) is 0 Å². The Kier molecular flexibility index (Phi) is 3.04. The van der Waals surface area contributed by atoms with Crippen molar-refractivity contribution in [1.29, 1.82) is 0 Å². The minimum absolute atomic E-state index is 0.240. The van der Waals surface area contributed by atoms with Gasteiger partial charge < -0.3 is 9.64 Å². The summed E-state index contributed by atoms with van der Waals surface area (Å²) < 4.78 is 4.77. The van der Waals surface area contributed by atoms with E-state index in [1.54, 1.807) is 0 Å². The molecule has 0 saturated carbocycles. The van der Waals surface area contributed by atoms with Gasteiger partial charge in [-0.2, -0.15) is 0 Å². The third kappa shape index (κ3) is 1.90. The van der Waals surface area contributed by atoms with Crippen LogP contribution < -0.4 is 0 Å². The number of hydrogen-bond donors (Lipinski definition) is 0. The highest BCUT2D eigenvalue weighted by Gasteiger charge is 2.46. The molecule has 1 saturated heterocycles. The molecule has 2 aliphatic rings. The van der Waals surface area contributed by atoms with Gasteiger partial charge >= 0.3 is 5.97 Å². The van der Waals surface area contributed by atoms with Gasteiger partial charge in [-0.05, 0) is 48.9 Å². The number of aryl methyl sites for hydroxylation is 1. The predicted molar refractivity (Wildman–Crippen MR) is 74.5 cm³/mol. The summed E-state index contributed by atoms with van der Waals surface area (Å²) in [5.74, 6) is -0.0612. The number of rotatable bonds is 1. The largest absolute Gasteiger partial charge is 0.465 e. The van der Waals surface area contributed by atoms with E-state index < -0.39 is 0 Å². The minimum atomic E-state index is -0.317. The molecule has 1 aromatic carbocycles. The maximum atomic E-state index is 12.4. The lowest BCUT2D eigenvalue weighted by molar-refractivity contribution is -0.135. The molecule has 20 heavy (non-hydrogen) atoms. The van der Waals surface area contributed by atoms with Crippen molar-refractivity contribution >= 4 is 11.9 Å². The molecular weight excluding hydrogens is 254 g/mol. The fourth-order valence-electron chi connectivity index (χ4n) is 3.50. The molecule has 1 spiro atoms. The first kappa shape index (κ1) is 13.2. The van der Waals surface area contributed by atoms with Crippen molar-refractivity contribution in [2.75, 3.05) is 20.7 Å². The Hall–Kier alpha value is -1.84. The van der Waals surface area contributed by atoms with E-state index in [4.69, 9.17) is 4.74 Å². The number of carbonyl (C=O) groups excluding carboxylic acids is 2. The summed E-state index contributed by atoms with van der Waals surface area (Å²) in [6, 6.07) is 5.70. The van der Waals surface area contributed by atoms with Crippen molar-refractivity contribution in [2.24, 2.45) is 5.41 Å². The van der Waals surface area contributed by atoms with Gasteiger partial charge in [0, 0.05) is 13.6 Å². The van der Waals surface area contributed by atoms with Crippen LogP contribution in [0.25, 0.3) is 0 Å². The smallest absolute Gasteiger partial charge is 0.337 e. The van der Waals surface area contributed by atoms with Crippen molar-refractivity contribution < 1.29 is 14.3 Å². The molecule has 1 aliphatic heterocycles. The van der Waals surface area contributed by atoms with Gasteiger partial charge in [-0.3, -0.25) is 4.79 Å². The topological polar surface area (TPSA) is 46.6 Å². The number of likely N-dealkylation sites (tertiary alicyclic amines) is 1. The Morgan fingerprint density at radius 2 is 2.10 bits per heavy atom. The fourth-order valence-corrected chi connectivity index (χ4v) is 3.50. The van der Waals surface area contributed by atoms with E-state index in [0.29, 0.717) is 5.56 Å². The van der Waals surface area contributed by atoms with Gasteiger partial charge in [-0.1, -0.05) is 6.07 Å². The van der Waals surface area contributed by atoms with Crippen molar-refractivity contribution in [3.63, 3.8) is 0 Å². The second-order valence-electron chi connectivity index (χ2n) is 5.91. The van der Waals surface area contributed by atoms with Crippen molar-refractivity contribution in [2.45, 2.75) is 25.7 Å². The van der Waals surface area contributed by atoms with E-state index >= 15 is 0 Å². The van der Waals surface area contributed by atoms with Gasteiger partial charge in [0.15, 0.2) is 0 Å². The summed E-state index contributed by atoms with van der Waals surface area (Å²) in [6.45, 7) is 0.838. The second-order valence-corrected chi connectivity index (χ2v) is 5.91. The maximum absolute atomic E-state index is 12.4. The number of methoxy groups -OCH3 is 1. The monoisotopic (exact) mass is 273 g/mol. The molecule has 1 heterocycles. The molecule has 0 N–H and O–H groups in total. The van der Waals surface area contributed by atoms with E-state index in [-0.39, 0.29) is 17.3 Å². The number of fused-ring (bicyclic) bond motifs is 1. The SMILES string of the molecule is COC(=O)c1ccc2c(c1)C[C@]1(CC2)CCN(C)C1=O. The zero-order valence-corrected chi connectivity index (χ0v) is 11.9. The van der Waals surface area contributed by atoms with Gasteiger partial charge in [0.25, 0.3) is 0 Å². The number of amides is 1. The van der Waals surface area contributed by atoms with Crippen LogP contribution >= 0.6 is 0 Å². The number of nitrogens with zero attached hydrogens (tertiary/aromatic N) is 1. The average molecular weight is 273 g/mol. The Morgan fingerprint density at radius 3 is 2.75 bits per heavy atom. The van der Waals surface area contributed by atoms with Crippen LogP contribution in [0.1, 0.15) is 34.3 Å². The van der Waals surface area contributed by atoms with Crippen molar-refractivity contribution in [1.82, 2.24) is 4.90 Å². The van der Waals surface area contributed by atoms with Gasteiger partial charge in [0.1, 0.15) is 0 Å². The first-order valence-electron chi connectivity index (χ1n) is 7.01. The quantitative estimate of drug-likeness (QED) is 0.733. The molecule has 4 nitrogen and oxygen atoms in total. The van der Waals surface area contributed by atoms with E-state index in [1.165, 1.54) is 12.7 Å². The first-order valence-corrected chi connectivity index (χ1v) is 7.01. The van der Waals surface area contributed by atoms with E-state index in [0.717, 1.165) is 37.8 Å². The number of benzene rings is 1. The fraction of sp³-hybridized carbons (Fsp3) is 0.500. The highest BCUT2D eigenvalue weighted by Crippen LogP contribution is 2.43. The minimum Gasteiger partial charge on any atom is -0.465 e. The molecule has 1 amide bonds. The Morgan fingerprint density at radius 1 is 1.30 bits per heavy atom. The van der Waals surface area contributed by atoms with E-state index in [1.807, 2.05) is 30.1 Å². The molecule has 106 valence electrons. The molecule has 4 heteroatoms. The van der Waals surface area contributed by atoms with E-state index in [2.05, 4.69) is 0 Å². The zero-order chi connectivity index (χ0) is 14.3.